The lowest BCUT2D eigenvalue weighted by atomic mass is 9.78. The summed E-state index contributed by atoms with van der Waals surface area (Å²) in [5, 5.41) is 34.1. The number of amides is 1. The van der Waals surface area contributed by atoms with E-state index in [1.807, 2.05) is 38.2 Å². The minimum absolute atomic E-state index is 0.0134. The smallest absolute Gasteiger partial charge is 0.329 e. The summed E-state index contributed by atoms with van der Waals surface area (Å²) in [6, 6.07) is -1.11. The number of nitrogens with zero attached hydrogens (tertiary/aromatic N) is 1. The molecule has 0 radical (unpaired) electrons. The molecule has 13 heteroatoms. The van der Waals surface area contributed by atoms with Crippen molar-refractivity contribution in [2.24, 2.45) is 41.4 Å². The molecule has 0 aromatic rings. The zero-order valence-electron chi connectivity index (χ0n) is 41.3. The molecular formula is C52H83NO12. The summed E-state index contributed by atoms with van der Waals surface area (Å²) in [6.07, 6.45) is 13.6. The Kier molecular flexibility index (Phi) is 21.3. The number of aliphatic hydroxyl groups is 3. The van der Waals surface area contributed by atoms with Crippen molar-refractivity contribution in [3.05, 3.63) is 47.6 Å². The van der Waals surface area contributed by atoms with Crippen LogP contribution in [0.25, 0.3) is 0 Å². The summed E-state index contributed by atoms with van der Waals surface area (Å²) in [4.78, 5) is 58.3. The molecule has 65 heavy (non-hydrogen) atoms. The van der Waals surface area contributed by atoms with Crippen molar-refractivity contribution in [1.82, 2.24) is 4.90 Å². The average molecular weight is 914 g/mol. The van der Waals surface area contributed by atoms with Crippen molar-refractivity contribution in [3.63, 3.8) is 0 Å². The highest BCUT2D eigenvalue weighted by Gasteiger charge is 2.53. The Labute approximate surface area is 389 Å². The topological polar surface area (TPSA) is 178 Å². The van der Waals surface area contributed by atoms with Crippen LogP contribution in [0.4, 0.5) is 0 Å². The Hall–Kier alpha value is -3.04. The highest BCUT2D eigenvalue weighted by Crippen LogP contribution is 2.38. The van der Waals surface area contributed by atoms with Crippen molar-refractivity contribution in [3.8, 4) is 0 Å². The first-order valence-electron chi connectivity index (χ1n) is 24.4. The second kappa shape index (κ2) is 25.4. The SMILES string of the molecule is COC1CC2CC[C@@H](C)[C@@](O)(O2)C(=O)C(=O)N2CCCC[C@H]2C(=O)O[C@H]([C@H](C)C[C@@H]2CC[C@@H](O)[C@H](OC)C2)CC(=O)[C@H](C)/C=C(\C)[C@@H](O)[C@@H](OC)[C@@H](C)[C@H](C)C[C@H](C)/C=C/C=C/C=C/1C. The zero-order valence-corrected chi connectivity index (χ0v) is 41.3. The third-order valence-electron chi connectivity index (χ3n) is 15.2. The second-order valence-corrected chi connectivity index (χ2v) is 20.2. The van der Waals surface area contributed by atoms with Crippen LogP contribution in [-0.2, 0) is 42.9 Å². The van der Waals surface area contributed by atoms with E-state index in [0.717, 1.165) is 18.4 Å². The van der Waals surface area contributed by atoms with E-state index in [1.54, 1.807) is 48.2 Å². The van der Waals surface area contributed by atoms with Gasteiger partial charge in [0.25, 0.3) is 11.7 Å². The number of fused-ring (bicyclic) bond motifs is 3. The van der Waals surface area contributed by atoms with Crippen LogP contribution in [-0.4, -0.2) is 126 Å². The number of hydrogen-bond acceptors (Lipinski definition) is 12. The zero-order chi connectivity index (χ0) is 48.2. The molecule has 0 spiro atoms. The minimum Gasteiger partial charge on any atom is -0.460 e. The maximum Gasteiger partial charge on any atom is 0.329 e. The van der Waals surface area contributed by atoms with Gasteiger partial charge in [0.15, 0.2) is 0 Å². The lowest BCUT2D eigenvalue weighted by Gasteiger charge is -2.42. The van der Waals surface area contributed by atoms with Crippen molar-refractivity contribution < 1.29 is 58.2 Å². The van der Waals surface area contributed by atoms with Gasteiger partial charge in [-0.3, -0.25) is 14.4 Å². The van der Waals surface area contributed by atoms with E-state index >= 15 is 0 Å². The molecule has 3 aliphatic heterocycles. The van der Waals surface area contributed by atoms with Crippen LogP contribution in [0.5, 0.6) is 0 Å². The van der Waals surface area contributed by atoms with Crippen LogP contribution in [0.15, 0.2) is 47.6 Å². The van der Waals surface area contributed by atoms with E-state index in [2.05, 4.69) is 26.8 Å². The van der Waals surface area contributed by atoms with E-state index < -0.39 is 71.8 Å². The maximum absolute atomic E-state index is 14.4. The molecule has 2 unspecified atom stereocenters. The predicted molar refractivity (Wildman–Crippen MR) is 249 cm³/mol. The summed E-state index contributed by atoms with van der Waals surface area (Å²) in [5.74, 6) is -6.46. The van der Waals surface area contributed by atoms with Gasteiger partial charge in [-0.25, -0.2) is 4.79 Å². The van der Waals surface area contributed by atoms with Gasteiger partial charge in [-0.1, -0.05) is 78.0 Å². The summed E-state index contributed by atoms with van der Waals surface area (Å²) in [5.41, 5.74) is 1.53. The molecule has 3 heterocycles. The van der Waals surface area contributed by atoms with Gasteiger partial charge >= 0.3 is 5.97 Å². The molecule has 2 saturated heterocycles. The van der Waals surface area contributed by atoms with Gasteiger partial charge in [0.1, 0.15) is 24.0 Å². The number of ketones is 2. The molecular weight excluding hydrogens is 831 g/mol. The quantitative estimate of drug-likeness (QED) is 0.138. The first-order chi connectivity index (χ1) is 30.7. The van der Waals surface area contributed by atoms with Gasteiger partial charge in [-0.05, 0) is 119 Å². The largest absolute Gasteiger partial charge is 0.460 e. The van der Waals surface area contributed by atoms with Crippen LogP contribution in [0.1, 0.15) is 132 Å². The molecule has 3 N–H and O–H groups in total. The monoisotopic (exact) mass is 914 g/mol. The summed E-state index contributed by atoms with van der Waals surface area (Å²) in [6.45, 7) is 15.7. The lowest BCUT2D eigenvalue weighted by molar-refractivity contribution is -0.265. The summed E-state index contributed by atoms with van der Waals surface area (Å²) < 4.78 is 29.8. The van der Waals surface area contributed by atoms with Crippen molar-refractivity contribution in [1.29, 1.82) is 0 Å². The Bertz CT molecular complexity index is 1710. The van der Waals surface area contributed by atoms with Crippen LogP contribution < -0.4 is 0 Å². The molecule has 3 fully saturated rings. The average Bonchev–Trinajstić information content (AvgIpc) is 3.28. The molecule has 16 atom stereocenters. The number of carbonyl (C=O) groups is 4. The number of cyclic esters (lactones) is 1. The number of carbonyl (C=O) groups excluding carboxylic acids is 4. The molecule has 4 aliphatic rings. The van der Waals surface area contributed by atoms with E-state index in [0.29, 0.717) is 56.9 Å². The molecule has 1 amide bonds. The van der Waals surface area contributed by atoms with Gasteiger partial charge < -0.3 is 43.9 Å². The highest BCUT2D eigenvalue weighted by molar-refractivity contribution is 6.39. The Balaban J connectivity index is 1.70. The number of allylic oxidation sites excluding steroid dienone is 6. The highest BCUT2D eigenvalue weighted by atomic mass is 16.6. The van der Waals surface area contributed by atoms with Gasteiger partial charge in [-0.2, -0.15) is 0 Å². The summed E-state index contributed by atoms with van der Waals surface area (Å²) in [7, 11) is 4.79. The molecule has 13 nitrogen and oxygen atoms in total. The van der Waals surface area contributed by atoms with Crippen molar-refractivity contribution >= 4 is 23.4 Å². The Morgan fingerprint density at radius 1 is 0.846 bits per heavy atom. The standard InChI is InChI=1S/C52H83NO12/c1-31-17-13-12-14-18-32(2)44(61-9)29-40-22-20-37(7)52(60,65-40)49(57)50(58)53-24-16-15-19-41(53)51(59)64-45(35(5)27-39-21-23-42(54)46(28-39)62-10)30-43(55)34(4)26-36(6)47(56)48(63-11)38(8)33(3)25-31/h12-14,17-18,26,31,33-35,37-42,44-48,54,56,60H,15-16,19-25,27-30H2,1-11H3/b14-12+,17-13+,32-18+,36-26+/t31-,33-,34-,35-,37-,38+,39+,40?,41+,42-,44?,45+,46-,47-,48+,52-/m1/s1. The van der Waals surface area contributed by atoms with Gasteiger partial charge in [0.05, 0.1) is 30.5 Å². The Morgan fingerprint density at radius 3 is 2.25 bits per heavy atom. The van der Waals surface area contributed by atoms with Crippen LogP contribution in [0, 0.1) is 41.4 Å². The Morgan fingerprint density at radius 2 is 1.57 bits per heavy atom. The number of hydrogen-bond donors (Lipinski definition) is 3. The maximum atomic E-state index is 14.4. The van der Waals surface area contributed by atoms with Crippen LogP contribution in [0.2, 0.25) is 0 Å². The normalized spacial score (nSPS) is 41.5. The summed E-state index contributed by atoms with van der Waals surface area (Å²) >= 11 is 0. The number of ether oxygens (including phenoxy) is 5. The first kappa shape index (κ1) is 54.6. The van der Waals surface area contributed by atoms with Crippen molar-refractivity contribution in [2.45, 2.75) is 187 Å². The lowest BCUT2D eigenvalue weighted by Crippen LogP contribution is -2.61. The molecule has 1 saturated carbocycles. The number of aliphatic hydroxyl groups excluding tert-OH is 2. The fourth-order valence-corrected chi connectivity index (χ4v) is 10.5. The van der Waals surface area contributed by atoms with Crippen LogP contribution in [0.3, 0.4) is 0 Å². The number of Topliss-reactive ketones (excluding diaryl/α,β-unsaturated/α-hetero) is 2. The van der Waals surface area contributed by atoms with Crippen molar-refractivity contribution in [2.75, 3.05) is 27.9 Å². The fourth-order valence-electron chi connectivity index (χ4n) is 10.5. The minimum atomic E-state index is -2.41. The molecule has 2 bridgehead atoms. The first-order valence-corrected chi connectivity index (χ1v) is 24.4. The molecule has 0 aromatic carbocycles. The fraction of sp³-hybridized carbons (Fsp3) is 0.769. The van der Waals surface area contributed by atoms with E-state index in [1.165, 1.54) is 4.90 Å². The van der Waals surface area contributed by atoms with Gasteiger partial charge in [0.2, 0.25) is 5.79 Å². The van der Waals surface area contributed by atoms with E-state index in [9.17, 15) is 34.5 Å². The molecule has 0 aromatic heterocycles. The van der Waals surface area contributed by atoms with E-state index in [4.69, 9.17) is 23.7 Å². The van der Waals surface area contributed by atoms with Gasteiger partial charge in [-0.15, -0.1) is 0 Å². The molecule has 368 valence electrons. The predicted octanol–water partition coefficient (Wildman–Crippen LogP) is 7.25. The van der Waals surface area contributed by atoms with E-state index in [-0.39, 0.29) is 67.0 Å². The molecule has 1 aliphatic carbocycles. The second-order valence-electron chi connectivity index (χ2n) is 20.2. The number of rotatable bonds is 6. The molecule has 4 rings (SSSR count). The van der Waals surface area contributed by atoms with Gasteiger partial charge in [0, 0.05) is 52.6 Å². The third kappa shape index (κ3) is 14.5. The van der Waals surface area contributed by atoms with Crippen LogP contribution >= 0.6 is 0 Å². The number of piperidine rings is 1. The third-order valence-corrected chi connectivity index (χ3v) is 15.2. The number of methoxy groups -OCH3 is 3. The number of esters is 1.